The van der Waals surface area contributed by atoms with Crippen molar-refractivity contribution in [3.05, 3.63) is 63.6 Å². The second-order valence-electron chi connectivity index (χ2n) is 6.05. The standard InChI is InChI=1S/C19H19Cl2N3O2S/c1-24(2)17(25)7-6-12-4-3-5-16(8-12)22-19(27)23-18(26)13-9-14(20)11-15(21)10-13/h3-5,8-11H,6-7H2,1-2H3,(H2,22,23,26,27). The third kappa shape index (κ3) is 6.82. The number of benzene rings is 2. The number of rotatable bonds is 5. The van der Waals surface area contributed by atoms with Gasteiger partial charge in [-0.15, -0.1) is 0 Å². The second-order valence-corrected chi connectivity index (χ2v) is 7.34. The highest BCUT2D eigenvalue weighted by molar-refractivity contribution is 7.80. The number of nitrogens with zero attached hydrogens (tertiary/aromatic N) is 1. The first kappa shape index (κ1) is 21.2. The van der Waals surface area contributed by atoms with E-state index in [1.54, 1.807) is 25.1 Å². The topological polar surface area (TPSA) is 61.4 Å². The van der Waals surface area contributed by atoms with Crippen LogP contribution in [0.3, 0.4) is 0 Å². The number of amides is 2. The SMILES string of the molecule is CN(C)C(=O)CCc1cccc(NC(=S)NC(=O)c2cc(Cl)cc(Cl)c2)c1. The molecule has 0 bridgehead atoms. The number of anilines is 1. The summed E-state index contributed by atoms with van der Waals surface area (Å²) >= 11 is 17.0. The van der Waals surface area contributed by atoms with E-state index in [9.17, 15) is 9.59 Å². The van der Waals surface area contributed by atoms with Gasteiger partial charge in [0.05, 0.1) is 0 Å². The zero-order chi connectivity index (χ0) is 20.0. The summed E-state index contributed by atoms with van der Waals surface area (Å²) in [4.78, 5) is 25.5. The minimum atomic E-state index is -0.412. The lowest BCUT2D eigenvalue weighted by Gasteiger charge is -2.12. The van der Waals surface area contributed by atoms with E-state index >= 15 is 0 Å². The predicted octanol–water partition coefficient (Wildman–Crippen LogP) is 4.14. The zero-order valence-electron chi connectivity index (χ0n) is 14.9. The van der Waals surface area contributed by atoms with Crippen LogP contribution in [0.1, 0.15) is 22.3 Å². The van der Waals surface area contributed by atoms with Gasteiger partial charge >= 0.3 is 0 Å². The third-order valence-electron chi connectivity index (χ3n) is 3.66. The van der Waals surface area contributed by atoms with E-state index in [-0.39, 0.29) is 11.0 Å². The van der Waals surface area contributed by atoms with E-state index in [1.165, 1.54) is 12.1 Å². The Kier molecular flexibility index (Phi) is 7.59. The van der Waals surface area contributed by atoms with Crippen LogP contribution >= 0.6 is 35.4 Å². The highest BCUT2D eigenvalue weighted by atomic mass is 35.5. The van der Waals surface area contributed by atoms with Crippen LogP contribution in [-0.2, 0) is 11.2 Å². The Balaban J connectivity index is 1.96. The first-order chi connectivity index (χ1) is 12.7. The molecule has 0 atom stereocenters. The Morgan fingerprint density at radius 3 is 2.37 bits per heavy atom. The summed E-state index contributed by atoms with van der Waals surface area (Å²) in [5.41, 5.74) is 2.03. The summed E-state index contributed by atoms with van der Waals surface area (Å²) in [5, 5.41) is 6.43. The average Bonchev–Trinajstić information content (AvgIpc) is 2.58. The van der Waals surface area contributed by atoms with Gasteiger partial charge in [-0.1, -0.05) is 35.3 Å². The molecule has 2 N–H and O–H groups in total. The molecule has 2 aromatic carbocycles. The zero-order valence-corrected chi connectivity index (χ0v) is 17.2. The maximum atomic E-state index is 12.3. The maximum absolute atomic E-state index is 12.3. The lowest BCUT2D eigenvalue weighted by molar-refractivity contribution is -0.128. The van der Waals surface area contributed by atoms with E-state index in [1.807, 2.05) is 24.3 Å². The molecule has 0 radical (unpaired) electrons. The summed E-state index contributed by atoms with van der Waals surface area (Å²) in [6, 6.07) is 12.1. The lowest BCUT2D eigenvalue weighted by Crippen LogP contribution is -2.34. The van der Waals surface area contributed by atoms with Crippen molar-refractivity contribution in [2.75, 3.05) is 19.4 Å². The molecule has 0 spiro atoms. The van der Waals surface area contributed by atoms with Crippen molar-refractivity contribution < 1.29 is 9.59 Å². The van der Waals surface area contributed by atoms with Crippen LogP contribution in [0.4, 0.5) is 5.69 Å². The number of carbonyl (C=O) groups excluding carboxylic acids is 2. The number of halogens is 2. The smallest absolute Gasteiger partial charge is 0.257 e. The molecule has 2 rings (SSSR count). The molecule has 0 unspecified atom stereocenters. The van der Waals surface area contributed by atoms with Gasteiger partial charge in [-0.05, 0) is 54.5 Å². The Bertz CT molecular complexity index is 852. The van der Waals surface area contributed by atoms with Crippen LogP contribution in [0.15, 0.2) is 42.5 Å². The summed E-state index contributed by atoms with van der Waals surface area (Å²) < 4.78 is 0. The van der Waals surface area contributed by atoms with Gasteiger partial charge in [-0.2, -0.15) is 0 Å². The Labute approximate surface area is 173 Å². The van der Waals surface area contributed by atoms with Crippen molar-refractivity contribution in [3.63, 3.8) is 0 Å². The fourth-order valence-electron chi connectivity index (χ4n) is 2.30. The molecule has 0 saturated heterocycles. The third-order valence-corrected chi connectivity index (χ3v) is 4.30. The molecule has 0 heterocycles. The molecule has 0 aromatic heterocycles. The van der Waals surface area contributed by atoms with Crippen molar-refractivity contribution in [1.29, 1.82) is 0 Å². The molecule has 2 aromatic rings. The Morgan fingerprint density at radius 2 is 1.74 bits per heavy atom. The first-order valence-corrected chi connectivity index (χ1v) is 9.28. The number of thiocarbonyl (C=S) groups is 1. The fourth-order valence-corrected chi connectivity index (χ4v) is 3.04. The van der Waals surface area contributed by atoms with Gasteiger partial charge in [0, 0.05) is 41.8 Å². The molecule has 0 aliphatic carbocycles. The number of nitrogens with one attached hydrogen (secondary N) is 2. The van der Waals surface area contributed by atoms with Crippen molar-refractivity contribution in [2.45, 2.75) is 12.8 Å². The molecule has 8 heteroatoms. The molecule has 0 aliphatic heterocycles. The van der Waals surface area contributed by atoms with Gasteiger partial charge in [0.25, 0.3) is 5.91 Å². The number of carbonyl (C=O) groups is 2. The summed E-state index contributed by atoms with van der Waals surface area (Å²) in [6.07, 6.45) is 1.04. The second kappa shape index (κ2) is 9.69. The van der Waals surface area contributed by atoms with Crippen molar-refractivity contribution in [3.8, 4) is 0 Å². The quantitative estimate of drug-likeness (QED) is 0.709. The molecular weight excluding hydrogens is 405 g/mol. The molecule has 5 nitrogen and oxygen atoms in total. The molecule has 142 valence electrons. The van der Waals surface area contributed by atoms with Crippen LogP contribution in [-0.4, -0.2) is 35.9 Å². The van der Waals surface area contributed by atoms with Crippen molar-refractivity contribution in [2.24, 2.45) is 0 Å². The van der Waals surface area contributed by atoms with E-state index in [0.29, 0.717) is 28.5 Å². The normalized spacial score (nSPS) is 10.2. The van der Waals surface area contributed by atoms with Crippen molar-refractivity contribution in [1.82, 2.24) is 10.2 Å². The fraction of sp³-hybridized carbons (Fsp3) is 0.211. The lowest BCUT2D eigenvalue weighted by atomic mass is 10.1. The van der Waals surface area contributed by atoms with Crippen LogP contribution in [0.2, 0.25) is 10.0 Å². The van der Waals surface area contributed by atoms with E-state index in [4.69, 9.17) is 35.4 Å². The van der Waals surface area contributed by atoms with Crippen LogP contribution in [0.5, 0.6) is 0 Å². The highest BCUT2D eigenvalue weighted by Crippen LogP contribution is 2.19. The largest absolute Gasteiger partial charge is 0.349 e. The van der Waals surface area contributed by atoms with Crippen LogP contribution in [0.25, 0.3) is 0 Å². The van der Waals surface area contributed by atoms with Crippen LogP contribution < -0.4 is 10.6 Å². The van der Waals surface area contributed by atoms with Crippen molar-refractivity contribution >= 4 is 58.0 Å². The van der Waals surface area contributed by atoms with Gasteiger partial charge in [-0.3, -0.25) is 14.9 Å². The Morgan fingerprint density at radius 1 is 1.07 bits per heavy atom. The van der Waals surface area contributed by atoms with Crippen LogP contribution in [0, 0.1) is 0 Å². The highest BCUT2D eigenvalue weighted by Gasteiger charge is 2.10. The molecule has 0 aliphatic rings. The van der Waals surface area contributed by atoms with Gasteiger partial charge < -0.3 is 10.2 Å². The minimum Gasteiger partial charge on any atom is -0.349 e. The van der Waals surface area contributed by atoms with Gasteiger partial charge in [-0.25, -0.2) is 0 Å². The number of hydrogen-bond donors (Lipinski definition) is 2. The number of hydrogen-bond acceptors (Lipinski definition) is 3. The molecular formula is C19H19Cl2N3O2S. The minimum absolute atomic E-state index is 0.0660. The first-order valence-electron chi connectivity index (χ1n) is 8.12. The molecule has 0 saturated carbocycles. The predicted molar refractivity (Wildman–Crippen MR) is 114 cm³/mol. The van der Waals surface area contributed by atoms with E-state index in [2.05, 4.69) is 10.6 Å². The van der Waals surface area contributed by atoms with E-state index < -0.39 is 5.91 Å². The Hall–Kier alpha value is -2.15. The van der Waals surface area contributed by atoms with Gasteiger partial charge in [0.2, 0.25) is 5.91 Å². The summed E-state index contributed by atoms with van der Waals surface area (Å²) in [5.74, 6) is -0.346. The summed E-state index contributed by atoms with van der Waals surface area (Å²) in [6.45, 7) is 0. The number of aryl methyl sites for hydroxylation is 1. The van der Waals surface area contributed by atoms with E-state index in [0.717, 1.165) is 11.3 Å². The average molecular weight is 424 g/mol. The monoisotopic (exact) mass is 423 g/mol. The molecule has 0 fully saturated rings. The van der Waals surface area contributed by atoms with Gasteiger partial charge in [0.15, 0.2) is 5.11 Å². The summed E-state index contributed by atoms with van der Waals surface area (Å²) in [7, 11) is 3.46. The van der Waals surface area contributed by atoms with Gasteiger partial charge in [0.1, 0.15) is 0 Å². The molecule has 2 amide bonds. The maximum Gasteiger partial charge on any atom is 0.257 e. The molecule has 27 heavy (non-hydrogen) atoms.